The lowest BCUT2D eigenvalue weighted by molar-refractivity contribution is 0.0359. The van der Waals surface area contributed by atoms with Crippen LogP contribution < -0.4 is 10.6 Å². The predicted molar refractivity (Wildman–Crippen MR) is 99.4 cm³/mol. The van der Waals surface area contributed by atoms with Crippen LogP contribution in [-0.4, -0.2) is 54.9 Å². The highest BCUT2D eigenvalue weighted by atomic mass is 16.3. The molecule has 3 N–H and O–H groups in total. The molecule has 5 nitrogen and oxygen atoms in total. The topological polar surface area (TPSA) is 64.6 Å². The van der Waals surface area contributed by atoms with E-state index < -0.39 is 5.60 Å². The molecule has 0 spiro atoms. The predicted octanol–water partition coefficient (Wildman–Crippen LogP) is 2.35. The van der Waals surface area contributed by atoms with E-state index in [2.05, 4.69) is 48.7 Å². The van der Waals surface area contributed by atoms with E-state index in [0.717, 1.165) is 6.42 Å². The molecule has 0 saturated carbocycles. The Bertz CT molecular complexity index is 510. The molecule has 0 heterocycles. The van der Waals surface area contributed by atoms with Gasteiger partial charge in [0.05, 0.1) is 5.60 Å². The van der Waals surface area contributed by atoms with Crippen LogP contribution in [0.2, 0.25) is 0 Å². The van der Waals surface area contributed by atoms with Gasteiger partial charge in [-0.1, -0.05) is 38.1 Å². The van der Waals surface area contributed by atoms with Crippen molar-refractivity contribution in [3.63, 3.8) is 0 Å². The number of aliphatic hydroxyl groups is 1. The molecule has 0 radical (unpaired) electrons. The molecule has 2 atom stereocenters. The fourth-order valence-corrected chi connectivity index (χ4v) is 2.73. The Morgan fingerprint density at radius 3 is 2.29 bits per heavy atom. The van der Waals surface area contributed by atoms with Crippen molar-refractivity contribution in [1.82, 2.24) is 15.5 Å². The Morgan fingerprint density at radius 2 is 1.79 bits per heavy atom. The molecule has 0 aromatic heterocycles. The minimum atomic E-state index is -0.948. The molecule has 2 unspecified atom stereocenters. The van der Waals surface area contributed by atoms with Gasteiger partial charge in [-0.15, -0.1) is 0 Å². The first-order chi connectivity index (χ1) is 11.1. The molecular weight excluding hydrogens is 302 g/mol. The number of nitrogens with one attached hydrogen (secondary N) is 2. The zero-order chi connectivity index (χ0) is 18.3. The van der Waals surface area contributed by atoms with Crippen LogP contribution in [0, 0.1) is 0 Å². The number of hydrogen-bond acceptors (Lipinski definition) is 3. The number of benzene rings is 1. The first-order valence-corrected chi connectivity index (χ1v) is 8.59. The fourth-order valence-electron chi connectivity index (χ4n) is 2.73. The smallest absolute Gasteiger partial charge is 0.315 e. The van der Waals surface area contributed by atoms with Crippen LogP contribution in [0.4, 0.5) is 4.79 Å². The monoisotopic (exact) mass is 335 g/mol. The van der Waals surface area contributed by atoms with Crippen molar-refractivity contribution < 1.29 is 9.90 Å². The Hall–Kier alpha value is -1.59. The fraction of sp³-hybridized carbons (Fsp3) is 0.632. The maximum absolute atomic E-state index is 12.0. The number of likely N-dealkylation sites (N-methyl/N-ethyl adjacent to an activating group) is 1. The summed E-state index contributed by atoms with van der Waals surface area (Å²) in [5, 5.41) is 15.8. The van der Waals surface area contributed by atoms with Crippen LogP contribution in [0.15, 0.2) is 24.3 Å². The second-order valence-electron chi connectivity index (χ2n) is 7.56. The quantitative estimate of drug-likeness (QED) is 0.683. The van der Waals surface area contributed by atoms with E-state index in [1.165, 1.54) is 11.1 Å². The van der Waals surface area contributed by atoms with Crippen molar-refractivity contribution in [2.75, 3.05) is 27.2 Å². The lowest BCUT2D eigenvalue weighted by Gasteiger charge is -2.27. The van der Waals surface area contributed by atoms with E-state index in [9.17, 15) is 9.90 Å². The highest BCUT2D eigenvalue weighted by Gasteiger charge is 2.22. The third kappa shape index (κ3) is 7.79. The Kier molecular flexibility index (Phi) is 7.70. The summed E-state index contributed by atoms with van der Waals surface area (Å²) in [7, 11) is 3.78. The Labute approximate surface area is 146 Å². The first-order valence-electron chi connectivity index (χ1n) is 8.59. The van der Waals surface area contributed by atoms with Crippen LogP contribution in [0.5, 0.6) is 0 Å². The van der Waals surface area contributed by atoms with Gasteiger partial charge >= 0.3 is 6.03 Å². The van der Waals surface area contributed by atoms with Gasteiger partial charge in [-0.3, -0.25) is 0 Å². The average molecular weight is 335 g/mol. The SMILES string of the molecule is CC(Cc1ccc(C(C)C)cc1)NC(=O)NCC(C)(O)CN(C)C. The van der Waals surface area contributed by atoms with E-state index in [-0.39, 0.29) is 18.6 Å². The molecule has 1 aromatic carbocycles. The molecule has 2 amide bonds. The van der Waals surface area contributed by atoms with Crippen LogP contribution in [0.1, 0.15) is 44.7 Å². The molecule has 0 saturated heterocycles. The molecule has 0 aliphatic rings. The largest absolute Gasteiger partial charge is 0.387 e. The summed E-state index contributed by atoms with van der Waals surface area (Å²) in [6.45, 7) is 8.75. The molecule has 0 fully saturated rings. The molecule has 0 bridgehead atoms. The van der Waals surface area contributed by atoms with Gasteiger partial charge in [0, 0.05) is 19.1 Å². The van der Waals surface area contributed by atoms with Gasteiger partial charge < -0.3 is 20.6 Å². The maximum atomic E-state index is 12.0. The third-order valence-electron chi connectivity index (χ3n) is 3.85. The van der Waals surface area contributed by atoms with Crippen molar-refractivity contribution >= 4 is 6.03 Å². The number of carbonyl (C=O) groups excluding carboxylic acids is 1. The summed E-state index contributed by atoms with van der Waals surface area (Å²) >= 11 is 0. The van der Waals surface area contributed by atoms with E-state index in [4.69, 9.17) is 0 Å². The second kappa shape index (κ2) is 9.04. The Balaban J connectivity index is 2.41. The molecule has 24 heavy (non-hydrogen) atoms. The summed E-state index contributed by atoms with van der Waals surface area (Å²) in [5.41, 5.74) is 1.57. The van der Waals surface area contributed by atoms with E-state index in [0.29, 0.717) is 12.5 Å². The van der Waals surface area contributed by atoms with Crippen LogP contribution in [-0.2, 0) is 6.42 Å². The van der Waals surface area contributed by atoms with Crippen molar-refractivity contribution in [3.05, 3.63) is 35.4 Å². The normalized spacial score (nSPS) is 15.2. The molecular formula is C19H33N3O2. The average Bonchev–Trinajstić information content (AvgIpc) is 2.44. The lowest BCUT2D eigenvalue weighted by atomic mass is 9.99. The number of amides is 2. The van der Waals surface area contributed by atoms with Gasteiger partial charge in [-0.25, -0.2) is 4.79 Å². The van der Waals surface area contributed by atoms with Crippen LogP contribution >= 0.6 is 0 Å². The van der Waals surface area contributed by atoms with Crippen LogP contribution in [0.25, 0.3) is 0 Å². The van der Waals surface area contributed by atoms with Crippen molar-refractivity contribution in [2.45, 2.75) is 51.7 Å². The molecule has 1 aromatic rings. The van der Waals surface area contributed by atoms with Gasteiger partial charge in [0.2, 0.25) is 0 Å². The van der Waals surface area contributed by atoms with E-state index in [1.54, 1.807) is 6.92 Å². The van der Waals surface area contributed by atoms with E-state index in [1.807, 2.05) is 25.9 Å². The summed E-state index contributed by atoms with van der Waals surface area (Å²) in [6, 6.07) is 8.30. The highest BCUT2D eigenvalue weighted by Crippen LogP contribution is 2.15. The number of nitrogens with zero attached hydrogens (tertiary/aromatic N) is 1. The standard InChI is InChI=1S/C19H33N3O2/c1-14(2)17-9-7-16(8-10-17)11-15(3)21-18(23)20-12-19(4,24)13-22(5)6/h7-10,14-15,24H,11-13H2,1-6H3,(H2,20,21,23). The summed E-state index contributed by atoms with van der Waals surface area (Å²) < 4.78 is 0. The summed E-state index contributed by atoms with van der Waals surface area (Å²) in [5.74, 6) is 0.523. The van der Waals surface area contributed by atoms with Crippen molar-refractivity contribution in [3.8, 4) is 0 Å². The maximum Gasteiger partial charge on any atom is 0.315 e. The number of carbonyl (C=O) groups is 1. The number of rotatable bonds is 8. The zero-order valence-electron chi connectivity index (χ0n) is 15.9. The van der Waals surface area contributed by atoms with Crippen molar-refractivity contribution in [1.29, 1.82) is 0 Å². The van der Waals surface area contributed by atoms with Crippen LogP contribution in [0.3, 0.4) is 0 Å². The molecule has 0 aliphatic carbocycles. The third-order valence-corrected chi connectivity index (χ3v) is 3.85. The molecule has 0 aliphatic heterocycles. The summed E-state index contributed by atoms with van der Waals surface area (Å²) in [4.78, 5) is 13.9. The lowest BCUT2D eigenvalue weighted by Crippen LogP contribution is -2.50. The van der Waals surface area contributed by atoms with Gasteiger partial charge in [0.1, 0.15) is 0 Å². The van der Waals surface area contributed by atoms with Gasteiger partial charge in [-0.05, 0) is 51.4 Å². The van der Waals surface area contributed by atoms with Crippen molar-refractivity contribution in [2.24, 2.45) is 0 Å². The first kappa shape index (κ1) is 20.5. The number of hydrogen-bond donors (Lipinski definition) is 3. The highest BCUT2D eigenvalue weighted by molar-refractivity contribution is 5.74. The molecule has 1 rings (SSSR count). The molecule has 5 heteroatoms. The van der Waals surface area contributed by atoms with E-state index >= 15 is 0 Å². The second-order valence-corrected chi connectivity index (χ2v) is 7.56. The zero-order valence-corrected chi connectivity index (χ0v) is 15.9. The minimum Gasteiger partial charge on any atom is -0.387 e. The number of urea groups is 1. The van der Waals surface area contributed by atoms with Gasteiger partial charge in [-0.2, -0.15) is 0 Å². The van der Waals surface area contributed by atoms with Gasteiger partial charge in [0.25, 0.3) is 0 Å². The van der Waals surface area contributed by atoms with Gasteiger partial charge in [0.15, 0.2) is 0 Å². The Morgan fingerprint density at radius 1 is 1.21 bits per heavy atom. The minimum absolute atomic E-state index is 0.0219. The molecule has 136 valence electrons. The summed E-state index contributed by atoms with van der Waals surface area (Å²) in [6.07, 6.45) is 0.778.